The molecule has 118 valence electrons. The van der Waals surface area contributed by atoms with Crippen LogP contribution < -0.4 is 21.1 Å². The first-order valence-corrected chi connectivity index (χ1v) is 6.76. The molecule has 0 aliphatic carbocycles. The third-order valence-corrected chi connectivity index (χ3v) is 2.55. The van der Waals surface area contributed by atoms with Crippen molar-refractivity contribution in [1.29, 1.82) is 0 Å². The van der Waals surface area contributed by atoms with Crippen LogP contribution in [0.25, 0.3) is 0 Å². The first kappa shape index (κ1) is 17.0. The van der Waals surface area contributed by atoms with Crippen molar-refractivity contribution in [2.75, 3.05) is 31.3 Å². The van der Waals surface area contributed by atoms with Crippen molar-refractivity contribution in [1.82, 2.24) is 15.3 Å². The summed E-state index contributed by atoms with van der Waals surface area (Å²) in [6, 6.07) is -0.494. The van der Waals surface area contributed by atoms with Gasteiger partial charge in [-0.05, 0) is 20.8 Å². The maximum absolute atomic E-state index is 11.9. The second-order valence-corrected chi connectivity index (χ2v) is 4.76. The van der Waals surface area contributed by atoms with Crippen molar-refractivity contribution in [3.05, 3.63) is 6.33 Å². The van der Waals surface area contributed by atoms with Crippen LogP contribution in [-0.2, 0) is 9.53 Å². The lowest BCUT2D eigenvalue weighted by Gasteiger charge is -2.17. The predicted molar refractivity (Wildman–Crippen MR) is 80.2 cm³/mol. The molecule has 4 N–H and O–H groups in total. The highest BCUT2D eigenvalue weighted by molar-refractivity contribution is 5.85. The molecule has 8 nitrogen and oxygen atoms in total. The Hall–Kier alpha value is -2.09. The summed E-state index contributed by atoms with van der Waals surface area (Å²) in [5.41, 5.74) is 6.22. The average Bonchev–Trinajstić information content (AvgIpc) is 2.42. The third-order valence-electron chi connectivity index (χ3n) is 2.55. The SMILES string of the molecule is COCCNC(=O)C(C)Nc1ncnc(OC(C)C)c1N. The highest BCUT2D eigenvalue weighted by atomic mass is 16.5. The van der Waals surface area contributed by atoms with Gasteiger partial charge in [0.25, 0.3) is 0 Å². The number of hydrogen-bond donors (Lipinski definition) is 3. The van der Waals surface area contributed by atoms with E-state index in [9.17, 15) is 4.79 Å². The molecule has 0 saturated heterocycles. The molecule has 1 amide bonds. The number of carbonyl (C=O) groups excluding carboxylic acids is 1. The Morgan fingerprint density at radius 1 is 1.38 bits per heavy atom. The van der Waals surface area contributed by atoms with E-state index < -0.39 is 6.04 Å². The molecule has 0 bridgehead atoms. The zero-order valence-corrected chi connectivity index (χ0v) is 12.8. The lowest BCUT2D eigenvalue weighted by atomic mass is 10.3. The van der Waals surface area contributed by atoms with Crippen LogP contribution >= 0.6 is 0 Å². The number of aromatic nitrogens is 2. The van der Waals surface area contributed by atoms with Crippen molar-refractivity contribution in [2.45, 2.75) is 32.9 Å². The second kappa shape index (κ2) is 8.25. The van der Waals surface area contributed by atoms with Gasteiger partial charge in [-0.15, -0.1) is 0 Å². The van der Waals surface area contributed by atoms with E-state index in [2.05, 4.69) is 20.6 Å². The van der Waals surface area contributed by atoms with Crippen LogP contribution in [-0.4, -0.2) is 48.3 Å². The van der Waals surface area contributed by atoms with E-state index in [0.29, 0.717) is 24.8 Å². The normalized spacial score (nSPS) is 12.0. The molecule has 1 atom stereocenters. The molecule has 1 heterocycles. The molecular weight excluding hydrogens is 274 g/mol. The number of amides is 1. The molecule has 0 aliphatic heterocycles. The maximum atomic E-state index is 11.9. The molecule has 8 heteroatoms. The van der Waals surface area contributed by atoms with E-state index in [1.807, 2.05) is 13.8 Å². The molecule has 0 spiro atoms. The molecule has 1 rings (SSSR count). The monoisotopic (exact) mass is 297 g/mol. The zero-order valence-electron chi connectivity index (χ0n) is 12.8. The largest absolute Gasteiger partial charge is 0.473 e. The van der Waals surface area contributed by atoms with E-state index in [-0.39, 0.29) is 17.7 Å². The summed E-state index contributed by atoms with van der Waals surface area (Å²) in [6.07, 6.45) is 1.29. The molecule has 0 saturated carbocycles. The minimum absolute atomic E-state index is 0.0511. The number of nitrogens with one attached hydrogen (secondary N) is 2. The summed E-state index contributed by atoms with van der Waals surface area (Å²) in [6.45, 7) is 6.37. The summed E-state index contributed by atoms with van der Waals surface area (Å²) < 4.78 is 10.3. The fraction of sp³-hybridized carbons (Fsp3) is 0.615. The van der Waals surface area contributed by atoms with E-state index >= 15 is 0 Å². The van der Waals surface area contributed by atoms with Gasteiger partial charge in [0.1, 0.15) is 18.1 Å². The van der Waals surface area contributed by atoms with Crippen molar-refractivity contribution in [3.63, 3.8) is 0 Å². The first-order chi connectivity index (χ1) is 9.95. The Kier molecular flexibility index (Phi) is 6.67. The molecule has 1 aromatic rings. The minimum Gasteiger partial charge on any atom is -0.473 e. The Labute approximate surface area is 124 Å². The summed E-state index contributed by atoms with van der Waals surface area (Å²) in [5.74, 6) is 0.501. The van der Waals surface area contributed by atoms with E-state index in [1.54, 1.807) is 14.0 Å². The van der Waals surface area contributed by atoms with Crippen molar-refractivity contribution in [3.8, 4) is 5.88 Å². The Morgan fingerprint density at radius 2 is 2.10 bits per heavy atom. The molecule has 1 unspecified atom stereocenters. The summed E-state index contributed by atoms with van der Waals surface area (Å²) >= 11 is 0. The van der Waals surface area contributed by atoms with E-state index in [4.69, 9.17) is 15.2 Å². The van der Waals surface area contributed by atoms with Crippen molar-refractivity contribution in [2.24, 2.45) is 0 Å². The van der Waals surface area contributed by atoms with Crippen LogP contribution in [0.2, 0.25) is 0 Å². The standard InChI is InChI=1S/C13H23N5O3/c1-8(2)21-13-10(14)11(16-7-17-13)18-9(3)12(19)15-5-6-20-4/h7-9H,5-6,14H2,1-4H3,(H,15,19)(H,16,17,18). The van der Waals surface area contributed by atoms with Gasteiger partial charge in [-0.3, -0.25) is 4.79 Å². The van der Waals surface area contributed by atoms with Gasteiger partial charge in [-0.1, -0.05) is 0 Å². The zero-order chi connectivity index (χ0) is 15.8. The first-order valence-electron chi connectivity index (χ1n) is 6.76. The fourth-order valence-corrected chi connectivity index (χ4v) is 1.51. The van der Waals surface area contributed by atoms with Gasteiger partial charge in [0.15, 0.2) is 5.82 Å². The number of methoxy groups -OCH3 is 1. The van der Waals surface area contributed by atoms with Gasteiger partial charge in [-0.25, -0.2) is 4.98 Å². The van der Waals surface area contributed by atoms with Gasteiger partial charge in [0, 0.05) is 13.7 Å². The topological polar surface area (TPSA) is 111 Å². The molecule has 0 aromatic carbocycles. The molecule has 21 heavy (non-hydrogen) atoms. The average molecular weight is 297 g/mol. The number of ether oxygens (including phenoxy) is 2. The van der Waals surface area contributed by atoms with Gasteiger partial charge in [0.05, 0.1) is 12.7 Å². The molecular formula is C13H23N5O3. The smallest absolute Gasteiger partial charge is 0.242 e. The van der Waals surface area contributed by atoms with Gasteiger partial charge >= 0.3 is 0 Å². The second-order valence-electron chi connectivity index (χ2n) is 4.76. The predicted octanol–water partition coefficient (Wildman–Crippen LogP) is 0.409. The van der Waals surface area contributed by atoms with Gasteiger partial charge < -0.3 is 25.8 Å². The molecule has 0 radical (unpaired) electrons. The number of nitrogen functional groups attached to an aromatic ring is 1. The molecule has 0 aliphatic rings. The Bertz CT molecular complexity index is 467. The van der Waals surface area contributed by atoms with Crippen LogP contribution in [0.5, 0.6) is 5.88 Å². The lowest BCUT2D eigenvalue weighted by Crippen LogP contribution is -2.39. The van der Waals surface area contributed by atoms with E-state index in [0.717, 1.165) is 0 Å². The lowest BCUT2D eigenvalue weighted by molar-refractivity contribution is -0.121. The van der Waals surface area contributed by atoms with Crippen LogP contribution in [0, 0.1) is 0 Å². The number of rotatable bonds is 8. The number of carbonyl (C=O) groups is 1. The number of anilines is 2. The Balaban J connectivity index is 2.67. The minimum atomic E-state index is -0.494. The number of nitrogens with two attached hydrogens (primary N) is 1. The number of hydrogen-bond acceptors (Lipinski definition) is 7. The van der Waals surface area contributed by atoms with Crippen molar-refractivity contribution >= 4 is 17.4 Å². The summed E-state index contributed by atoms with van der Waals surface area (Å²) in [4.78, 5) is 19.9. The van der Waals surface area contributed by atoms with Crippen LogP contribution in [0.3, 0.4) is 0 Å². The van der Waals surface area contributed by atoms with Crippen LogP contribution in [0.4, 0.5) is 11.5 Å². The number of nitrogens with zero attached hydrogens (tertiary/aromatic N) is 2. The molecule has 0 fully saturated rings. The molecule has 1 aromatic heterocycles. The quantitative estimate of drug-likeness (QED) is 0.596. The fourth-order valence-electron chi connectivity index (χ4n) is 1.51. The van der Waals surface area contributed by atoms with Gasteiger partial charge in [-0.2, -0.15) is 4.98 Å². The van der Waals surface area contributed by atoms with Crippen LogP contribution in [0.1, 0.15) is 20.8 Å². The third kappa shape index (κ3) is 5.42. The van der Waals surface area contributed by atoms with Gasteiger partial charge in [0.2, 0.25) is 11.8 Å². The summed E-state index contributed by atoms with van der Waals surface area (Å²) in [7, 11) is 1.58. The van der Waals surface area contributed by atoms with Crippen LogP contribution in [0.15, 0.2) is 6.33 Å². The Morgan fingerprint density at radius 3 is 2.71 bits per heavy atom. The van der Waals surface area contributed by atoms with E-state index in [1.165, 1.54) is 6.33 Å². The van der Waals surface area contributed by atoms with Crippen molar-refractivity contribution < 1.29 is 14.3 Å². The highest BCUT2D eigenvalue weighted by Gasteiger charge is 2.16. The maximum Gasteiger partial charge on any atom is 0.242 e. The highest BCUT2D eigenvalue weighted by Crippen LogP contribution is 2.25. The summed E-state index contributed by atoms with van der Waals surface area (Å²) in [5, 5.41) is 5.67.